The van der Waals surface area contributed by atoms with Crippen molar-refractivity contribution in [2.75, 3.05) is 13.1 Å². The lowest BCUT2D eigenvalue weighted by Gasteiger charge is -2.40. The van der Waals surface area contributed by atoms with E-state index in [1.807, 2.05) is 12.1 Å². The fraction of sp³-hybridized carbons (Fsp3) is 0.600. The van der Waals surface area contributed by atoms with E-state index in [9.17, 15) is 5.11 Å². The van der Waals surface area contributed by atoms with Crippen LogP contribution in [-0.2, 0) is 5.60 Å². The molecule has 0 unspecified atom stereocenters. The zero-order chi connectivity index (χ0) is 12.5. The van der Waals surface area contributed by atoms with Crippen LogP contribution in [0.15, 0.2) is 24.3 Å². The van der Waals surface area contributed by atoms with Crippen LogP contribution in [0, 0.1) is 6.92 Å². The van der Waals surface area contributed by atoms with E-state index in [1.165, 1.54) is 5.56 Å². The van der Waals surface area contributed by atoms with Gasteiger partial charge in [0.15, 0.2) is 0 Å². The number of hydrogen-bond acceptors (Lipinski definition) is 2. The summed E-state index contributed by atoms with van der Waals surface area (Å²) in [4.78, 5) is 2.44. The van der Waals surface area contributed by atoms with Crippen LogP contribution in [0.2, 0.25) is 0 Å². The number of nitrogens with zero attached hydrogens (tertiary/aromatic N) is 1. The number of aliphatic hydroxyl groups is 1. The quantitative estimate of drug-likeness (QED) is 0.849. The lowest BCUT2D eigenvalue weighted by molar-refractivity contribution is -0.0328. The van der Waals surface area contributed by atoms with Gasteiger partial charge in [0.1, 0.15) is 0 Å². The van der Waals surface area contributed by atoms with Gasteiger partial charge in [0, 0.05) is 19.1 Å². The molecule has 1 N–H and O–H groups in total. The molecule has 1 aliphatic rings. The summed E-state index contributed by atoms with van der Waals surface area (Å²) < 4.78 is 0. The third kappa shape index (κ3) is 2.53. The van der Waals surface area contributed by atoms with E-state index in [2.05, 4.69) is 37.8 Å². The molecule has 1 aromatic carbocycles. The predicted molar refractivity (Wildman–Crippen MR) is 71.0 cm³/mol. The molecule has 1 aromatic rings. The Morgan fingerprint density at radius 2 is 1.76 bits per heavy atom. The molecule has 0 atom stereocenters. The summed E-state index contributed by atoms with van der Waals surface area (Å²) in [6.07, 6.45) is 1.69. The largest absolute Gasteiger partial charge is 0.385 e. The van der Waals surface area contributed by atoms with Crippen molar-refractivity contribution in [3.8, 4) is 0 Å². The Kier molecular flexibility index (Phi) is 3.55. The maximum Gasteiger partial charge on any atom is 0.0923 e. The monoisotopic (exact) mass is 233 g/mol. The Labute approximate surface area is 104 Å². The molecule has 1 aliphatic heterocycles. The van der Waals surface area contributed by atoms with Crippen molar-refractivity contribution in [2.24, 2.45) is 0 Å². The molecule has 1 heterocycles. The molecule has 0 amide bonds. The fourth-order valence-electron chi connectivity index (χ4n) is 2.77. The van der Waals surface area contributed by atoms with Gasteiger partial charge in [-0.3, -0.25) is 0 Å². The smallest absolute Gasteiger partial charge is 0.0923 e. The lowest BCUT2D eigenvalue weighted by atomic mass is 9.82. The fourth-order valence-corrected chi connectivity index (χ4v) is 2.77. The number of likely N-dealkylation sites (tertiary alicyclic amines) is 1. The van der Waals surface area contributed by atoms with Gasteiger partial charge in [-0.05, 0) is 44.7 Å². The van der Waals surface area contributed by atoms with Crippen LogP contribution in [0.25, 0.3) is 0 Å². The lowest BCUT2D eigenvalue weighted by Crippen LogP contribution is -2.45. The molecule has 2 nitrogen and oxygen atoms in total. The second-order valence-corrected chi connectivity index (χ2v) is 5.48. The van der Waals surface area contributed by atoms with Crippen molar-refractivity contribution in [2.45, 2.75) is 45.3 Å². The first-order valence-corrected chi connectivity index (χ1v) is 6.55. The minimum Gasteiger partial charge on any atom is -0.385 e. The zero-order valence-corrected chi connectivity index (χ0v) is 11.1. The zero-order valence-electron chi connectivity index (χ0n) is 11.1. The average Bonchev–Trinajstić information content (AvgIpc) is 2.30. The van der Waals surface area contributed by atoms with Crippen LogP contribution in [0.1, 0.15) is 37.8 Å². The van der Waals surface area contributed by atoms with E-state index in [0.717, 1.165) is 31.5 Å². The summed E-state index contributed by atoms with van der Waals surface area (Å²) >= 11 is 0. The molecule has 17 heavy (non-hydrogen) atoms. The van der Waals surface area contributed by atoms with Gasteiger partial charge >= 0.3 is 0 Å². The number of benzene rings is 1. The molecule has 2 heteroatoms. The molecule has 1 saturated heterocycles. The van der Waals surface area contributed by atoms with Crippen LogP contribution in [0.3, 0.4) is 0 Å². The number of piperidine rings is 1. The molecule has 0 spiro atoms. The van der Waals surface area contributed by atoms with Gasteiger partial charge in [-0.25, -0.2) is 0 Å². The van der Waals surface area contributed by atoms with Gasteiger partial charge < -0.3 is 10.0 Å². The van der Waals surface area contributed by atoms with E-state index >= 15 is 0 Å². The topological polar surface area (TPSA) is 23.5 Å². The molecule has 0 bridgehead atoms. The Hall–Kier alpha value is -0.860. The molecule has 2 rings (SSSR count). The molecular weight excluding hydrogens is 210 g/mol. The van der Waals surface area contributed by atoms with E-state index in [0.29, 0.717) is 6.04 Å². The Balaban J connectivity index is 2.15. The first-order chi connectivity index (χ1) is 8.03. The summed E-state index contributed by atoms with van der Waals surface area (Å²) in [5.74, 6) is 0. The summed E-state index contributed by atoms with van der Waals surface area (Å²) in [5.41, 5.74) is 1.70. The molecule has 0 saturated carbocycles. The predicted octanol–water partition coefficient (Wildman–Crippen LogP) is 2.69. The number of rotatable bonds is 2. The third-order valence-electron chi connectivity index (χ3n) is 4.00. The highest BCUT2D eigenvalue weighted by Gasteiger charge is 2.35. The molecular formula is C15H23NO. The second-order valence-electron chi connectivity index (χ2n) is 5.48. The highest BCUT2D eigenvalue weighted by Crippen LogP contribution is 2.34. The van der Waals surface area contributed by atoms with Crippen LogP contribution in [0.4, 0.5) is 0 Å². The highest BCUT2D eigenvalue weighted by atomic mass is 16.3. The summed E-state index contributed by atoms with van der Waals surface area (Å²) in [6.45, 7) is 8.50. The maximum absolute atomic E-state index is 10.8. The van der Waals surface area contributed by atoms with Crippen molar-refractivity contribution in [1.29, 1.82) is 0 Å². The standard InChI is InChI=1S/C15H23NO/c1-12(2)16-10-8-15(17,9-11-16)14-7-5-4-6-13(14)3/h4-7,12,17H,8-11H2,1-3H3. The van der Waals surface area contributed by atoms with E-state index in [1.54, 1.807) is 0 Å². The third-order valence-corrected chi connectivity index (χ3v) is 4.00. The first-order valence-electron chi connectivity index (χ1n) is 6.55. The van der Waals surface area contributed by atoms with E-state index in [-0.39, 0.29) is 0 Å². The summed E-state index contributed by atoms with van der Waals surface area (Å²) in [7, 11) is 0. The Morgan fingerprint density at radius 1 is 1.18 bits per heavy atom. The van der Waals surface area contributed by atoms with Crippen LogP contribution in [0.5, 0.6) is 0 Å². The minimum atomic E-state index is -0.614. The van der Waals surface area contributed by atoms with Gasteiger partial charge in [-0.15, -0.1) is 0 Å². The normalized spacial score (nSPS) is 20.8. The summed E-state index contributed by atoms with van der Waals surface area (Å²) in [6, 6.07) is 8.79. The average molecular weight is 233 g/mol. The maximum atomic E-state index is 10.8. The Bertz CT molecular complexity index is 378. The molecule has 1 fully saturated rings. The Morgan fingerprint density at radius 3 is 2.29 bits per heavy atom. The van der Waals surface area contributed by atoms with Gasteiger partial charge in [-0.2, -0.15) is 0 Å². The van der Waals surface area contributed by atoms with E-state index < -0.39 is 5.60 Å². The van der Waals surface area contributed by atoms with Crippen molar-refractivity contribution in [3.63, 3.8) is 0 Å². The van der Waals surface area contributed by atoms with Gasteiger partial charge in [0.2, 0.25) is 0 Å². The van der Waals surface area contributed by atoms with Crippen molar-refractivity contribution in [3.05, 3.63) is 35.4 Å². The molecule has 0 radical (unpaired) electrons. The van der Waals surface area contributed by atoms with Crippen LogP contribution in [-0.4, -0.2) is 29.1 Å². The molecule has 0 aromatic heterocycles. The minimum absolute atomic E-state index is 0.580. The number of hydrogen-bond donors (Lipinski definition) is 1. The molecule has 94 valence electrons. The molecule has 0 aliphatic carbocycles. The van der Waals surface area contributed by atoms with Gasteiger partial charge in [-0.1, -0.05) is 24.3 Å². The first kappa shape index (κ1) is 12.6. The van der Waals surface area contributed by atoms with Crippen LogP contribution < -0.4 is 0 Å². The van der Waals surface area contributed by atoms with Gasteiger partial charge in [0.25, 0.3) is 0 Å². The summed E-state index contributed by atoms with van der Waals surface area (Å²) in [5, 5.41) is 10.8. The SMILES string of the molecule is Cc1ccccc1C1(O)CCN(C(C)C)CC1. The van der Waals surface area contributed by atoms with Crippen LogP contribution >= 0.6 is 0 Å². The number of aryl methyl sites for hydroxylation is 1. The van der Waals surface area contributed by atoms with Crippen molar-refractivity contribution < 1.29 is 5.11 Å². The van der Waals surface area contributed by atoms with E-state index in [4.69, 9.17) is 0 Å². The highest BCUT2D eigenvalue weighted by molar-refractivity contribution is 5.31. The van der Waals surface area contributed by atoms with Crippen molar-refractivity contribution >= 4 is 0 Å². The van der Waals surface area contributed by atoms with Gasteiger partial charge in [0.05, 0.1) is 5.60 Å². The second kappa shape index (κ2) is 4.79. The van der Waals surface area contributed by atoms with Crippen molar-refractivity contribution in [1.82, 2.24) is 4.90 Å².